The third-order valence-corrected chi connectivity index (χ3v) is 6.54. The van der Waals surface area contributed by atoms with Crippen molar-refractivity contribution in [2.24, 2.45) is 5.41 Å². The number of benzene rings is 4. The van der Waals surface area contributed by atoms with Gasteiger partial charge in [0.05, 0.1) is 0 Å². The Balaban J connectivity index is 1.89. The normalized spacial score (nSPS) is 12.5. The molecule has 0 radical (unpaired) electrons. The molecule has 4 nitrogen and oxygen atoms in total. The molecule has 0 unspecified atom stereocenters. The van der Waals surface area contributed by atoms with Crippen molar-refractivity contribution < 1.29 is 0 Å². The topological polar surface area (TPSA) is 43.6 Å². The Morgan fingerprint density at radius 3 is 1.54 bits per heavy atom. The Labute approximate surface area is 219 Å². The lowest BCUT2D eigenvalue weighted by Gasteiger charge is -2.36. The lowest BCUT2D eigenvalue weighted by Crippen LogP contribution is -2.40. The van der Waals surface area contributed by atoms with Gasteiger partial charge in [-0.2, -0.15) is 0 Å². The molecule has 0 aliphatic carbocycles. The smallest absolute Gasteiger partial charge is 0.183 e. The van der Waals surface area contributed by atoms with Crippen LogP contribution in [0.15, 0.2) is 121 Å². The van der Waals surface area contributed by atoms with Gasteiger partial charge in [-0.1, -0.05) is 148 Å². The molecule has 0 aliphatic heterocycles. The fourth-order valence-corrected chi connectivity index (χ4v) is 4.93. The van der Waals surface area contributed by atoms with E-state index in [0.717, 1.165) is 33.7 Å². The van der Waals surface area contributed by atoms with Crippen molar-refractivity contribution in [1.29, 1.82) is 0 Å². The van der Waals surface area contributed by atoms with E-state index in [9.17, 15) is 0 Å². The van der Waals surface area contributed by atoms with Crippen LogP contribution in [-0.2, 0) is 5.54 Å². The summed E-state index contributed by atoms with van der Waals surface area (Å²) >= 11 is 0. The first-order valence-electron chi connectivity index (χ1n) is 12.7. The summed E-state index contributed by atoms with van der Waals surface area (Å²) in [6.07, 6.45) is 2.27. The Kier molecular flexibility index (Phi) is 6.58. The molecule has 184 valence electrons. The maximum Gasteiger partial charge on any atom is 0.183 e. The second-order valence-electron chi connectivity index (χ2n) is 10.5. The van der Waals surface area contributed by atoms with Gasteiger partial charge in [-0.3, -0.25) is 0 Å². The fourth-order valence-electron chi connectivity index (χ4n) is 4.93. The van der Waals surface area contributed by atoms with Crippen LogP contribution in [0.2, 0.25) is 0 Å². The van der Waals surface area contributed by atoms with Gasteiger partial charge in [-0.25, -0.2) is 4.68 Å². The van der Waals surface area contributed by atoms with E-state index in [2.05, 4.69) is 141 Å². The zero-order valence-corrected chi connectivity index (χ0v) is 21.8. The van der Waals surface area contributed by atoms with Gasteiger partial charge >= 0.3 is 0 Å². The van der Waals surface area contributed by atoms with Gasteiger partial charge in [0.15, 0.2) is 5.82 Å². The van der Waals surface area contributed by atoms with Crippen molar-refractivity contribution in [3.05, 3.63) is 155 Å². The number of hydrogen-bond acceptors (Lipinski definition) is 3. The first-order chi connectivity index (χ1) is 17.9. The van der Waals surface area contributed by atoms with Crippen molar-refractivity contribution >= 4 is 5.57 Å². The van der Waals surface area contributed by atoms with E-state index in [1.165, 1.54) is 5.56 Å². The van der Waals surface area contributed by atoms with Gasteiger partial charge in [0.25, 0.3) is 0 Å². The molecule has 1 aromatic heterocycles. The second kappa shape index (κ2) is 9.98. The van der Waals surface area contributed by atoms with Crippen LogP contribution in [0.25, 0.3) is 5.57 Å². The maximum absolute atomic E-state index is 4.73. The van der Waals surface area contributed by atoms with Gasteiger partial charge in [-0.15, -0.1) is 5.10 Å². The first kappa shape index (κ1) is 24.4. The predicted octanol–water partition coefficient (Wildman–Crippen LogP) is 7.30. The standard InChI is InChI=1S/C33H32N4/c1-25-20-22-26(23-21-25)30(24-32(2,3)4)31-34-35-36-37(31)33(27-14-8-5-9-15-27,28-16-10-6-11-17-28)29-18-12-7-13-19-29/h5-24H,1-4H3. The molecule has 0 amide bonds. The minimum absolute atomic E-state index is 0.0914. The molecule has 37 heavy (non-hydrogen) atoms. The van der Waals surface area contributed by atoms with Crippen LogP contribution >= 0.6 is 0 Å². The summed E-state index contributed by atoms with van der Waals surface area (Å²) in [7, 11) is 0. The number of allylic oxidation sites excluding steroid dienone is 1. The Hall–Kier alpha value is -4.31. The second-order valence-corrected chi connectivity index (χ2v) is 10.5. The number of nitrogens with zero attached hydrogens (tertiary/aromatic N) is 4. The number of aryl methyl sites for hydroxylation is 1. The lowest BCUT2D eigenvalue weighted by molar-refractivity contribution is 0.442. The Morgan fingerprint density at radius 2 is 1.11 bits per heavy atom. The van der Waals surface area contributed by atoms with Crippen molar-refractivity contribution in [1.82, 2.24) is 20.2 Å². The molecule has 1 heterocycles. The van der Waals surface area contributed by atoms with Crippen LogP contribution < -0.4 is 0 Å². The summed E-state index contributed by atoms with van der Waals surface area (Å²) in [6.45, 7) is 8.71. The molecule has 5 rings (SSSR count). The van der Waals surface area contributed by atoms with E-state index in [-0.39, 0.29) is 5.41 Å². The van der Waals surface area contributed by atoms with Gasteiger partial charge in [-0.05, 0) is 45.0 Å². The molecule has 0 fully saturated rings. The SMILES string of the molecule is Cc1ccc(C(=CC(C)(C)C)c2nnnn2C(c2ccccc2)(c2ccccc2)c2ccccc2)cc1. The molecule has 0 spiro atoms. The highest BCUT2D eigenvalue weighted by atomic mass is 15.6. The highest BCUT2D eigenvalue weighted by Gasteiger charge is 2.42. The minimum atomic E-state index is -0.787. The van der Waals surface area contributed by atoms with Crippen LogP contribution in [0.1, 0.15) is 54.4 Å². The molecular weight excluding hydrogens is 452 g/mol. The number of hydrogen-bond donors (Lipinski definition) is 0. The molecule has 0 bridgehead atoms. The summed E-state index contributed by atoms with van der Waals surface area (Å²) in [5, 5.41) is 13.7. The number of rotatable bonds is 6. The molecule has 0 N–H and O–H groups in total. The monoisotopic (exact) mass is 484 g/mol. The van der Waals surface area contributed by atoms with E-state index < -0.39 is 5.54 Å². The van der Waals surface area contributed by atoms with Crippen molar-refractivity contribution in [2.75, 3.05) is 0 Å². The molecule has 4 heteroatoms. The van der Waals surface area contributed by atoms with E-state index in [4.69, 9.17) is 5.21 Å². The Bertz CT molecular complexity index is 1380. The summed E-state index contributed by atoms with van der Waals surface area (Å²) in [5.74, 6) is 0.718. The van der Waals surface area contributed by atoms with Gasteiger partial charge < -0.3 is 0 Å². The van der Waals surface area contributed by atoms with Crippen LogP contribution in [0.4, 0.5) is 0 Å². The van der Waals surface area contributed by atoms with Gasteiger partial charge in [0.1, 0.15) is 5.54 Å². The summed E-state index contributed by atoms with van der Waals surface area (Å²) in [4.78, 5) is 0. The van der Waals surface area contributed by atoms with Gasteiger partial charge in [0, 0.05) is 5.57 Å². The van der Waals surface area contributed by atoms with Crippen molar-refractivity contribution in [2.45, 2.75) is 33.2 Å². The zero-order chi connectivity index (χ0) is 25.9. The average Bonchev–Trinajstić information content (AvgIpc) is 3.40. The molecule has 4 aromatic carbocycles. The predicted molar refractivity (Wildman–Crippen MR) is 150 cm³/mol. The number of aromatic nitrogens is 4. The molecular formula is C33H32N4. The van der Waals surface area contributed by atoms with E-state index in [1.807, 2.05) is 22.9 Å². The third-order valence-electron chi connectivity index (χ3n) is 6.54. The maximum atomic E-state index is 4.73. The molecule has 5 aromatic rings. The van der Waals surface area contributed by atoms with Crippen LogP contribution in [-0.4, -0.2) is 20.2 Å². The molecule has 0 atom stereocenters. The summed E-state index contributed by atoms with van der Waals surface area (Å²) in [6, 6.07) is 40.1. The van der Waals surface area contributed by atoms with Crippen molar-refractivity contribution in [3.63, 3.8) is 0 Å². The fraction of sp³-hybridized carbons (Fsp3) is 0.182. The van der Waals surface area contributed by atoms with E-state index in [0.29, 0.717) is 0 Å². The molecule has 0 saturated heterocycles. The van der Waals surface area contributed by atoms with Gasteiger partial charge in [0.2, 0.25) is 0 Å². The summed E-state index contributed by atoms with van der Waals surface area (Å²) in [5.41, 5.74) is 5.67. The van der Waals surface area contributed by atoms with Crippen LogP contribution in [0, 0.1) is 12.3 Å². The highest BCUT2D eigenvalue weighted by molar-refractivity contribution is 5.77. The van der Waals surface area contributed by atoms with E-state index in [1.54, 1.807) is 0 Å². The lowest BCUT2D eigenvalue weighted by atomic mass is 9.76. The quantitative estimate of drug-likeness (QED) is 0.238. The first-order valence-corrected chi connectivity index (χ1v) is 12.7. The van der Waals surface area contributed by atoms with E-state index >= 15 is 0 Å². The summed E-state index contributed by atoms with van der Waals surface area (Å²) < 4.78 is 2.00. The minimum Gasteiger partial charge on any atom is -0.205 e. The van der Waals surface area contributed by atoms with Crippen molar-refractivity contribution in [3.8, 4) is 0 Å². The van der Waals surface area contributed by atoms with Crippen LogP contribution in [0.3, 0.4) is 0 Å². The van der Waals surface area contributed by atoms with Crippen LogP contribution in [0.5, 0.6) is 0 Å². The Morgan fingerprint density at radius 1 is 0.649 bits per heavy atom. The largest absolute Gasteiger partial charge is 0.205 e. The average molecular weight is 485 g/mol. The zero-order valence-electron chi connectivity index (χ0n) is 21.8. The third kappa shape index (κ3) is 4.75. The highest BCUT2D eigenvalue weighted by Crippen LogP contribution is 2.42. The molecule has 0 aliphatic rings. The molecule has 0 saturated carbocycles. The number of tetrazole rings is 1.